The number of ether oxygens (including phenoxy) is 3. The average Bonchev–Trinajstić information content (AvgIpc) is 2.62. The van der Waals surface area contributed by atoms with Gasteiger partial charge in [-0.25, -0.2) is 4.99 Å². The lowest BCUT2D eigenvalue weighted by Gasteiger charge is -2.26. The number of hydrogen-bond acceptors (Lipinski definition) is 5. The van der Waals surface area contributed by atoms with Crippen LogP contribution in [0.4, 0.5) is 0 Å². The van der Waals surface area contributed by atoms with Crippen molar-refractivity contribution in [1.82, 2.24) is 10.2 Å². The predicted octanol–water partition coefficient (Wildman–Crippen LogP) is 0.837. The van der Waals surface area contributed by atoms with Gasteiger partial charge in [-0.2, -0.15) is 0 Å². The van der Waals surface area contributed by atoms with Crippen molar-refractivity contribution in [2.45, 2.75) is 19.5 Å². The smallest absolute Gasteiger partial charge is 0.189 e. The molecule has 1 saturated heterocycles. The van der Waals surface area contributed by atoms with E-state index in [1.54, 1.807) is 7.11 Å². The summed E-state index contributed by atoms with van der Waals surface area (Å²) in [6.07, 6.45) is 0. The molecule has 1 atom stereocenters. The maximum absolute atomic E-state index is 5.96. The van der Waals surface area contributed by atoms with Crippen molar-refractivity contribution < 1.29 is 14.2 Å². The van der Waals surface area contributed by atoms with Crippen LogP contribution in [0.5, 0.6) is 5.75 Å². The molecule has 2 rings (SSSR count). The normalized spacial score (nSPS) is 17.3. The average molecular weight is 350 g/mol. The van der Waals surface area contributed by atoms with Crippen LogP contribution in [0, 0.1) is 0 Å². The van der Waals surface area contributed by atoms with Crippen molar-refractivity contribution in [2.75, 3.05) is 53.2 Å². The van der Waals surface area contributed by atoms with Crippen LogP contribution in [0.25, 0.3) is 0 Å². The van der Waals surface area contributed by atoms with Gasteiger partial charge in [-0.3, -0.25) is 4.90 Å². The lowest BCUT2D eigenvalue weighted by Crippen LogP contribution is -2.40. The zero-order valence-corrected chi connectivity index (χ0v) is 15.2. The summed E-state index contributed by atoms with van der Waals surface area (Å²) in [6.45, 7) is 8.16. The van der Waals surface area contributed by atoms with E-state index in [4.69, 9.17) is 19.9 Å². The first-order valence-electron chi connectivity index (χ1n) is 8.75. The van der Waals surface area contributed by atoms with Gasteiger partial charge in [0.15, 0.2) is 5.96 Å². The van der Waals surface area contributed by atoms with Crippen LogP contribution in [0.1, 0.15) is 12.5 Å². The standard InChI is InChI=1S/C18H30N4O3/c1-15(14-23-2)21-18(19)20-13-16-5-3-4-6-17(16)25-12-9-22-7-10-24-11-8-22/h3-6,15H,7-14H2,1-2H3,(H3,19,20,21). The molecular formula is C18H30N4O3. The molecule has 7 heteroatoms. The second-order valence-corrected chi connectivity index (χ2v) is 6.11. The number of morpholine rings is 1. The zero-order chi connectivity index (χ0) is 17.9. The predicted molar refractivity (Wildman–Crippen MR) is 99.0 cm³/mol. The number of para-hydroxylation sites is 1. The van der Waals surface area contributed by atoms with Gasteiger partial charge in [0.05, 0.1) is 26.4 Å². The number of rotatable bonds is 9. The van der Waals surface area contributed by atoms with Gasteiger partial charge in [0.2, 0.25) is 0 Å². The Labute approximate surface area is 150 Å². The van der Waals surface area contributed by atoms with Crippen LogP contribution in [0.3, 0.4) is 0 Å². The fraction of sp³-hybridized carbons (Fsp3) is 0.611. The first-order chi connectivity index (χ1) is 12.2. The number of methoxy groups -OCH3 is 1. The summed E-state index contributed by atoms with van der Waals surface area (Å²) in [7, 11) is 1.66. The topological polar surface area (TPSA) is 81.3 Å². The Morgan fingerprint density at radius 3 is 2.88 bits per heavy atom. The summed E-state index contributed by atoms with van der Waals surface area (Å²) in [4.78, 5) is 6.75. The summed E-state index contributed by atoms with van der Waals surface area (Å²) in [5, 5.41) is 3.10. The van der Waals surface area contributed by atoms with E-state index in [2.05, 4.69) is 15.2 Å². The minimum atomic E-state index is 0.119. The minimum absolute atomic E-state index is 0.119. The van der Waals surface area contributed by atoms with E-state index in [1.807, 2.05) is 31.2 Å². The molecule has 1 aliphatic heterocycles. The summed E-state index contributed by atoms with van der Waals surface area (Å²) >= 11 is 0. The lowest BCUT2D eigenvalue weighted by molar-refractivity contribution is 0.0322. The number of benzene rings is 1. The molecule has 0 bridgehead atoms. The second kappa shape index (κ2) is 10.9. The van der Waals surface area contributed by atoms with Crippen LogP contribution >= 0.6 is 0 Å². The highest BCUT2D eigenvalue weighted by Crippen LogP contribution is 2.18. The van der Waals surface area contributed by atoms with Gasteiger partial charge < -0.3 is 25.3 Å². The molecule has 7 nitrogen and oxygen atoms in total. The minimum Gasteiger partial charge on any atom is -0.492 e. The van der Waals surface area contributed by atoms with E-state index in [0.717, 1.165) is 44.2 Å². The molecule has 0 aromatic heterocycles. The molecule has 0 amide bonds. The molecule has 1 aliphatic rings. The molecule has 1 unspecified atom stereocenters. The Hall–Kier alpha value is -1.83. The van der Waals surface area contributed by atoms with Gasteiger partial charge in [0.1, 0.15) is 12.4 Å². The van der Waals surface area contributed by atoms with Crippen LogP contribution in [0.15, 0.2) is 29.3 Å². The number of nitrogens with two attached hydrogens (primary N) is 1. The monoisotopic (exact) mass is 350 g/mol. The summed E-state index contributed by atoms with van der Waals surface area (Å²) < 4.78 is 16.4. The van der Waals surface area contributed by atoms with Crippen molar-refractivity contribution >= 4 is 5.96 Å². The number of hydrogen-bond donors (Lipinski definition) is 2. The Morgan fingerprint density at radius 2 is 2.12 bits per heavy atom. The van der Waals surface area contributed by atoms with Crippen LogP contribution in [0.2, 0.25) is 0 Å². The van der Waals surface area contributed by atoms with Crippen LogP contribution < -0.4 is 15.8 Å². The van der Waals surface area contributed by atoms with Crippen molar-refractivity contribution in [3.05, 3.63) is 29.8 Å². The van der Waals surface area contributed by atoms with Crippen molar-refractivity contribution in [3.8, 4) is 5.75 Å². The van der Waals surface area contributed by atoms with E-state index >= 15 is 0 Å². The molecule has 25 heavy (non-hydrogen) atoms. The molecule has 0 saturated carbocycles. The molecular weight excluding hydrogens is 320 g/mol. The molecule has 3 N–H and O–H groups in total. The van der Waals surface area contributed by atoms with Crippen molar-refractivity contribution in [3.63, 3.8) is 0 Å². The second-order valence-electron chi connectivity index (χ2n) is 6.11. The Bertz CT molecular complexity index is 533. The summed E-state index contributed by atoms with van der Waals surface area (Å²) in [5.41, 5.74) is 6.95. The van der Waals surface area contributed by atoms with E-state index in [-0.39, 0.29) is 6.04 Å². The summed E-state index contributed by atoms with van der Waals surface area (Å²) in [5.74, 6) is 1.27. The fourth-order valence-corrected chi connectivity index (χ4v) is 2.64. The maximum Gasteiger partial charge on any atom is 0.189 e. The number of aliphatic imine (C=N–C) groups is 1. The van der Waals surface area contributed by atoms with Gasteiger partial charge in [-0.05, 0) is 13.0 Å². The lowest BCUT2D eigenvalue weighted by atomic mass is 10.2. The largest absolute Gasteiger partial charge is 0.492 e. The Kier molecular flexibility index (Phi) is 8.51. The molecule has 0 radical (unpaired) electrons. The molecule has 1 aromatic carbocycles. The molecule has 0 aliphatic carbocycles. The third kappa shape index (κ3) is 7.29. The quantitative estimate of drug-likeness (QED) is 0.507. The third-order valence-electron chi connectivity index (χ3n) is 3.97. The SMILES string of the molecule is COCC(C)NC(N)=NCc1ccccc1OCCN1CCOCC1. The van der Waals surface area contributed by atoms with Gasteiger partial charge in [-0.15, -0.1) is 0 Å². The van der Waals surface area contributed by atoms with Gasteiger partial charge in [0.25, 0.3) is 0 Å². The van der Waals surface area contributed by atoms with Crippen LogP contribution in [-0.2, 0) is 16.0 Å². The van der Waals surface area contributed by atoms with Gasteiger partial charge in [0, 0.05) is 38.3 Å². The van der Waals surface area contributed by atoms with E-state index in [1.165, 1.54) is 0 Å². The maximum atomic E-state index is 5.96. The van der Waals surface area contributed by atoms with Crippen LogP contribution in [-0.4, -0.2) is 70.1 Å². The number of guanidine groups is 1. The molecule has 0 spiro atoms. The van der Waals surface area contributed by atoms with Gasteiger partial charge in [-0.1, -0.05) is 18.2 Å². The fourth-order valence-electron chi connectivity index (χ4n) is 2.64. The number of nitrogens with one attached hydrogen (secondary N) is 1. The molecule has 1 aromatic rings. The third-order valence-corrected chi connectivity index (χ3v) is 3.97. The first kappa shape index (κ1) is 19.5. The van der Waals surface area contributed by atoms with Gasteiger partial charge >= 0.3 is 0 Å². The highest BCUT2D eigenvalue weighted by atomic mass is 16.5. The van der Waals surface area contributed by atoms with E-state index in [9.17, 15) is 0 Å². The molecule has 140 valence electrons. The number of nitrogens with zero attached hydrogens (tertiary/aromatic N) is 2. The highest BCUT2D eigenvalue weighted by Gasteiger charge is 2.10. The Morgan fingerprint density at radius 1 is 1.36 bits per heavy atom. The zero-order valence-electron chi connectivity index (χ0n) is 15.2. The Balaban J connectivity index is 1.82. The molecule has 1 fully saturated rings. The van der Waals surface area contributed by atoms with E-state index < -0.39 is 0 Å². The highest BCUT2D eigenvalue weighted by molar-refractivity contribution is 5.78. The van der Waals surface area contributed by atoms with E-state index in [0.29, 0.717) is 25.7 Å². The van der Waals surface area contributed by atoms with Crippen molar-refractivity contribution in [1.29, 1.82) is 0 Å². The van der Waals surface area contributed by atoms with Crippen molar-refractivity contribution in [2.24, 2.45) is 10.7 Å². The first-order valence-corrected chi connectivity index (χ1v) is 8.75. The summed E-state index contributed by atoms with van der Waals surface area (Å²) in [6, 6.07) is 8.06. The molecule has 1 heterocycles.